The summed E-state index contributed by atoms with van der Waals surface area (Å²) in [5, 5.41) is 6.00. The Labute approximate surface area is 280 Å². The van der Waals surface area contributed by atoms with Crippen molar-refractivity contribution in [1.82, 2.24) is 15.5 Å². The summed E-state index contributed by atoms with van der Waals surface area (Å²) < 4.78 is 41.2. The number of piperidine rings is 1. The molecule has 12 nitrogen and oxygen atoms in total. The molecule has 0 atom stereocenters. The van der Waals surface area contributed by atoms with Crippen LogP contribution in [-0.4, -0.2) is 95.7 Å². The normalized spacial score (nSPS) is 19.4. The van der Waals surface area contributed by atoms with Crippen molar-refractivity contribution in [2.45, 2.75) is 25.0 Å². The van der Waals surface area contributed by atoms with Gasteiger partial charge in [-0.15, -0.1) is 0 Å². The second kappa shape index (κ2) is 15.6. The van der Waals surface area contributed by atoms with Gasteiger partial charge in [-0.05, 0) is 54.6 Å². The SMILES string of the molecule is COc1cc2ccc1CNC(=O)C1(CCN(CC3COCCOC3)CC1)Oc1ccc(cc1)OCCNC(=O)c1ccc(OC)c(c1)O2. The molecule has 0 unspecified atom stereocenters. The Kier molecular flexibility index (Phi) is 10.8. The zero-order valence-electron chi connectivity index (χ0n) is 27.5. The minimum Gasteiger partial charge on any atom is -0.496 e. The molecular weight excluding hydrogens is 618 g/mol. The van der Waals surface area contributed by atoms with Gasteiger partial charge in [0.25, 0.3) is 11.8 Å². The summed E-state index contributed by atoms with van der Waals surface area (Å²) in [6, 6.07) is 17.6. The Morgan fingerprint density at radius 3 is 2.25 bits per heavy atom. The molecule has 256 valence electrons. The second-order valence-corrected chi connectivity index (χ2v) is 12.1. The predicted molar refractivity (Wildman–Crippen MR) is 176 cm³/mol. The summed E-state index contributed by atoms with van der Waals surface area (Å²) in [7, 11) is 3.10. The molecule has 6 aliphatic heterocycles. The first-order chi connectivity index (χ1) is 23.4. The Morgan fingerprint density at radius 1 is 0.812 bits per heavy atom. The Morgan fingerprint density at radius 2 is 1.52 bits per heavy atom. The third-order valence-corrected chi connectivity index (χ3v) is 8.82. The van der Waals surface area contributed by atoms with Crippen LogP contribution in [-0.2, 0) is 20.8 Å². The van der Waals surface area contributed by atoms with E-state index in [4.69, 9.17) is 33.2 Å². The maximum Gasteiger partial charge on any atom is 0.264 e. The average molecular weight is 662 g/mol. The van der Waals surface area contributed by atoms with Crippen molar-refractivity contribution >= 4 is 11.8 Å². The van der Waals surface area contributed by atoms with E-state index in [1.807, 2.05) is 18.2 Å². The summed E-state index contributed by atoms with van der Waals surface area (Å²) >= 11 is 0. The quantitative estimate of drug-likeness (QED) is 0.427. The van der Waals surface area contributed by atoms with Gasteiger partial charge in [0, 0.05) is 62.1 Å². The predicted octanol–water partition coefficient (Wildman–Crippen LogP) is 3.81. The number of likely N-dealkylation sites (tertiary alicyclic amines) is 1. The van der Waals surface area contributed by atoms with Crippen molar-refractivity contribution in [3.05, 3.63) is 71.8 Å². The number of carbonyl (C=O) groups is 2. The first-order valence-electron chi connectivity index (χ1n) is 16.3. The van der Waals surface area contributed by atoms with Gasteiger partial charge in [0.2, 0.25) is 0 Å². The third-order valence-electron chi connectivity index (χ3n) is 8.82. The van der Waals surface area contributed by atoms with Gasteiger partial charge in [-0.3, -0.25) is 9.59 Å². The monoisotopic (exact) mass is 661 g/mol. The highest BCUT2D eigenvalue weighted by Gasteiger charge is 2.44. The molecule has 0 radical (unpaired) electrons. The number of hydrogen-bond donors (Lipinski definition) is 2. The molecule has 6 bridgehead atoms. The van der Waals surface area contributed by atoms with Crippen molar-refractivity contribution in [1.29, 1.82) is 0 Å². The molecule has 9 rings (SSSR count). The number of methoxy groups -OCH3 is 2. The van der Waals surface area contributed by atoms with Crippen molar-refractivity contribution in [2.75, 3.05) is 73.4 Å². The van der Waals surface area contributed by atoms with Crippen LogP contribution in [0, 0.1) is 5.92 Å². The van der Waals surface area contributed by atoms with Crippen LogP contribution in [0.2, 0.25) is 0 Å². The lowest BCUT2D eigenvalue weighted by Gasteiger charge is -2.41. The lowest BCUT2D eigenvalue weighted by Crippen LogP contribution is -2.57. The number of nitrogens with one attached hydrogen (secondary N) is 2. The van der Waals surface area contributed by atoms with Crippen molar-refractivity contribution in [2.24, 2.45) is 5.92 Å². The summed E-state index contributed by atoms with van der Waals surface area (Å²) in [5.41, 5.74) is 0.102. The number of amides is 2. The van der Waals surface area contributed by atoms with Crippen molar-refractivity contribution < 1.29 is 42.7 Å². The highest BCUT2D eigenvalue weighted by molar-refractivity contribution is 5.95. The number of hydrogen-bond acceptors (Lipinski definition) is 10. The van der Waals surface area contributed by atoms with E-state index in [0.717, 1.165) is 12.1 Å². The third kappa shape index (κ3) is 8.12. The molecule has 1 spiro atoms. The lowest BCUT2D eigenvalue weighted by molar-refractivity contribution is -0.141. The zero-order valence-corrected chi connectivity index (χ0v) is 27.5. The van der Waals surface area contributed by atoms with Crippen LogP contribution in [0.4, 0.5) is 0 Å². The molecular formula is C36H43N3O9. The minimum atomic E-state index is -1.07. The van der Waals surface area contributed by atoms with Crippen LogP contribution in [0.5, 0.6) is 34.5 Å². The van der Waals surface area contributed by atoms with Gasteiger partial charge in [-0.2, -0.15) is 0 Å². The van der Waals surface area contributed by atoms with Gasteiger partial charge < -0.3 is 48.7 Å². The van der Waals surface area contributed by atoms with Gasteiger partial charge in [-0.1, -0.05) is 0 Å². The van der Waals surface area contributed by atoms with Crippen LogP contribution < -0.4 is 34.3 Å². The Hall–Kier alpha value is -4.52. The molecule has 0 aromatic heterocycles. The number of rotatable bonds is 4. The topological polar surface area (TPSA) is 126 Å². The zero-order chi connectivity index (χ0) is 33.3. The van der Waals surface area contributed by atoms with E-state index in [2.05, 4.69) is 15.5 Å². The number of benzene rings is 3. The van der Waals surface area contributed by atoms with E-state index >= 15 is 0 Å². The van der Waals surface area contributed by atoms with Crippen LogP contribution in [0.25, 0.3) is 0 Å². The van der Waals surface area contributed by atoms with Gasteiger partial charge in [-0.25, -0.2) is 0 Å². The van der Waals surface area contributed by atoms with Crippen molar-refractivity contribution in [3.8, 4) is 34.5 Å². The second-order valence-electron chi connectivity index (χ2n) is 12.1. The summed E-state index contributed by atoms with van der Waals surface area (Å²) in [6.45, 7) is 5.58. The highest BCUT2D eigenvalue weighted by atomic mass is 16.5. The average Bonchev–Trinajstić information content (AvgIpc) is 3.39. The van der Waals surface area contributed by atoms with Gasteiger partial charge in [0.05, 0.1) is 47.2 Å². The van der Waals surface area contributed by atoms with E-state index in [9.17, 15) is 9.59 Å². The van der Waals surface area contributed by atoms with Gasteiger partial charge in [0.15, 0.2) is 17.1 Å². The maximum atomic E-state index is 14.1. The van der Waals surface area contributed by atoms with E-state index < -0.39 is 5.60 Å². The van der Waals surface area contributed by atoms with Crippen molar-refractivity contribution in [3.63, 3.8) is 0 Å². The van der Waals surface area contributed by atoms with E-state index in [-0.39, 0.29) is 37.4 Å². The number of carbonyl (C=O) groups excluding carboxylic acids is 2. The first-order valence-corrected chi connectivity index (χ1v) is 16.3. The molecule has 3 aromatic carbocycles. The summed E-state index contributed by atoms with van der Waals surface area (Å²) in [4.78, 5) is 29.3. The standard InChI is InChI=1S/C36H43N3O9/c1-42-31-10-4-26-19-33(31)47-30-5-3-27(32(20-30)43-2)21-38-35(41)36(11-14-39(15-12-36)22-25-23-44-17-18-45-24-25)48-29-8-6-28(7-9-29)46-16-13-37-34(26)40/h3-10,19-20,25H,11-18,21-24H2,1-2H3,(H,37,40)(H,38,41). The van der Waals surface area contributed by atoms with Gasteiger partial charge >= 0.3 is 0 Å². The van der Waals surface area contributed by atoms with Crippen LogP contribution in [0.3, 0.4) is 0 Å². The smallest absolute Gasteiger partial charge is 0.264 e. The number of ether oxygens (including phenoxy) is 7. The highest BCUT2D eigenvalue weighted by Crippen LogP contribution is 2.36. The molecule has 3 aromatic rings. The molecule has 2 saturated heterocycles. The molecule has 6 heterocycles. The molecule has 2 amide bonds. The molecule has 0 saturated carbocycles. The molecule has 48 heavy (non-hydrogen) atoms. The Balaban J connectivity index is 1.24. The molecule has 0 aliphatic carbocycles. The molecule has 2 N–H and O–H groups in total. The molecule has 6 aliphatic rings. The Bertz CT molecular complexity index is 1550. The summed E-state index contributed by atoms with van der Waals surface area (Å²) in [6.07, 6.45) is 1.02. The van der Waals surface area contributed by atoms with E-state index in [1.165, 1.54) is 7.11 Å². The molecule has 12 heteroatoms. The van der Waals surface area contributed by atoms with Gasteiger partial charge in [0.1, 0.15) is 29.6 Å². The fourth-order valence-corrected chi connectivity index (χ4v) is 6.17. The van der Waals surface area contributed by atoms with Crippen LogP contribution >= 0.6 is 0 Å². The first kappa shape index (κ1) is 33.4. The fraction of sp³-hybridized carbons (Fsp3) is 0.444. The van der Waals surface area contributed by atoms with Crippen LogP contribution in [0.1, 0.15) is 28.8 Å². The van der Waals surface area contributed by atoms with Crippen LogP contribution in [0.15, 0.2) is 60.7 Å². The van der Waals surface area contributed by atoms with E-state index in [0.29, 0.717) is 92.4 Å². The lowest BCUT2D eigenvalue weighted by atomic mass is 9.89. The largest absolute Gasteiger partial charge is 0.496 e. The fourth-order valence-electron chi connectivity index (χ4n) is 6.17. The molecule has 2 fully saturated rings. The maximum absolute atomic E-state index is 14.1. The number of nitrogens with zero attached hydrogens (tertiary/aromatic N) is 1. The minimum absolute atomic E-state index is 0.189. The summed E-state index contributed by atoms with van der Waals surface area (Å²) in [5.74, 6) is 2.87. The van der Waals surface area contributed by atoms with E-state index in [1.54, 1.807) is 49.6 Å².